The molecule has 2 heteroatoms. The lowest BCUT2D eigenvalue weighted by Gasteiger charge is -2.42. The van der Waals surface area contributed by atoms with Crippen LogP contribution in [0.2, 0.25) is 17.6 Å². The van der Waals surface area contributed by atoms with Gasteiger partial charge < -0.3 is 4.74 Å². The average Bonchev–Trinajstić information content (AvgIpc) is 3.20. The minimum Gasteiger partial charge on any atom is -0.489 e. The molecule has 0 heterocycles. The van der Waals surface area contributed by atoms with Crippen molar-refractivity contribution >= 4 is 24.9 Å². The highest BCUT2D eigenvalue weighted by Crippen LogP contribution is 2.61. The molecule has 1 unspecified atom stereocenters. The summed E-state index contributed by atoms with van der Waals surface area (Å²) in [6, 6.07) is 18.4. The monoisotopic (exact) mass is 508 g/mol. The van der Waals surface area contributed by atoms with Crippen LogP contribution in [0, 0.1) is 17.8 Å². The van der Waals surface area contributed by atoms with Gasteiger partial charge in [0.05, 0.1) is 0 Å². The van der Waals surface area contributed by atoms with Crippen molar-refractivity contribution in [2.24, 2.45) is 10.8 Å². The van der Waals surface area contributed by atoms with Gasteiger partial charge >= 0.3 is 0 Å². The molecule has 0 saturated heterocycles. The number of benzene rings is 2. The van der Waals surface area contributed by atoms with E-state index >= 15 is 0 Å². The fourth-order valence-electron chi connectivity index (χ4n) is 7.66. The molecule has 0 saturated carbocycles. The first-order valence-corrected chi connectivity index (χ1v) is 16.7. The zero-order valence-electron chi connectivity index (χ0n) is 24.0. The van der Waals surface area contributed by atoms with E-state index in [0.29, 0.717) is 12.1 Å². The topological polar surface area (TPSA) is 9.23 Å². The maximum Gasteiger partial charge on any atom is 0.121 e. The Bertz CT molecular complexity index is 1430. The maximum absolute atomic E-state index is 6.48. The molecule has 0 fully saturated rings. The summed E-state index contributed by atoms with van der Waals surface area (Å²) in [5.74, 6) is 1.11. The average molecular weight is 509 g/mol. The summed E-state index contributed by atoms with van der Waals surface area (Å²) in [5, 5.41) is 4.35. The van der Waals surface area contributed by atoms with Crippen molar-refractivity contribution in [3.05, 3.63) is 93.9 Å². The summed E-state index contributed by atoms with van der Waals surface area (Å²) in [4.78, 5) is 0. The second-order valence-corrected chi connectivity index (χ2v) is 17.5. The zero-order valence-corrected chi connectivity index (χ0v) is 25.0. The highest BCUT2D eigenvalue weighted by atomic mass is 28.3. The Morgan fingerprint density at radius 3 is 2.43 bits per heavy atom. The highest BCUT2D eigenvalue weighted by Gasteiger charge is 2.53. The van der Waals surface area contributed by atoms with Gasteiger partial charge in [-0.2, -0.15) is 0 Å². The Morgan fingerprint density at radius 2 is 1.73 bits per heavy atom. The predicted molar refractivity (Wildman–Crippen MR) is 162 cm³/mol. The summed E-state index contributed by atoms with van der Waals surface area (Å²) < 4.78 is 6.48. The molecule has 1 nitrogen and oxygen atoms in total. The third-order valence-electron chi connectivity index (χ3n) is 9.40. The highest BCUT2D eigenvalue weighted by molar-refractivity contribution is 6.95. The summed E-state index contributed by atoms with van der Waals surface area (Å²) in [6.45, 7) is 21.4. The van der Waals surface area contributed by atoms with Crippen LogP contribution in [0.4, 0.5) is 0 Å². The largest absolute Gasteiger partial charge is 0.489 e. The van der Waals surface area contributed by atoms with Crippen LogP contribution in [0.15, 0.2) is 77.9 Å². The van der Waals surface area contributed by atoms with Crippen LogP contribution in [0.1, 0.15) is 59.9 Å². The van der Waals surface area contributed by atoms with Crippen molar-refractivity contribution in [2.75, 3.05) is 6.61 Å². The molecule has 5 rings (SSSR count). The van der Waals surface area contributed by atoms with Crippen molar-refractivity contribution in [3.63, 3.8) is 0 Å². The van der Waals surface area contributed by atoms with Crippen LogP contribution in [0.25, 0.3) is 11.6 Å². The van der Waals surface area contributed by atoms with Gasteiger partial charge in [0, 0.05) is 11.0 Å². The predicted octanol–water partition coefficient (Wildman–Crippen LogP) is 7.35. The van der Waals surface area contributed by atoms with Crippen molar-refractivity contribution in [1.82, 2.24) is 0 Å². The Kier molecular flexibility index (Phi) is 6.55. The first-order valence-electron chi connectivity index (χ1n) is 14.2. The molecule has 3 aliphatic carbocycles. The molecular weight excluding hydrogens is 464 g/mol. The number of fused-ring (bicyclic) bond motifs is 3. The van der Waals surface area contributed by atoms with Crippen LogP contribution in [0.3, 0.4) is 0 Å². The van der Waals surface area contributed by atoms with E-state index in [2.05, 4.69) is 110 Å². The Balaban J connectivity index is 1.91. The fraction of sp³-hybridized carbons (Fsp3) is 0.429. The molecule has 0 N–H and O–H groups in total. The third-order valence-corrected chi connectivity index (χ3v) is 15.1. The van der Waals surface area contributed by atoms with E-state index in [9.17, 15) is 0 Å². The van der Waals surface area contributed by atoms with Gasteiger partial charge in [0.15, 0.2) is 0 Å². The lowest BCUT2D eigenvalue weighted by Crippen LogP contribution is -2.53. The smallest absolute Gasteiger partial charge is 0.121 e. The van der Waals surface area contributed by atoms with Crippen LogP contribution in [-0.2, 0) is 0 Å². The second-order valence-electron chi connectivity index (χ2n) is 12.7. The molecule has 0 aliphatic heterocycles. The van der Waals surface area contributed by atoms with Crippen LogP contribution in [-0.4, -0.2) is 14.7 Å². The van der Waals surface area contributed by atoms with Crippen LogP contribution in [0.5, 0.6) is 5.75 Å². The van der Waals surface area contributed by atoms with Crippen LogP contribution >= 0.6 is 0 Å². The van der Waals surface area contributed by atoms with E-state index < -0.39 is 8.07 Å². The standard InChI is InChI=1S/C35H44OSi/c1-9-21-36-32-24(4)15-14-18-29(32)37(10-2,11-3)33-28-23-34(5,6)20-19-27(28)31-30(33)26-17-13-12-16-25(26)22-35(31,7)8/h9,12-18,22-23,33H,1,10-11,19-21H2,2-8H3. The minimum atomic E-state index is -2.14. The molecule has 0 spiro atoms. The molecule has 194 valence electrons. The van der Waals surface area contributed by atoms with Crippen molar-refractivity contribution in [3.8, 4) is 5.75 Å². The van der Waals surface area contributed by atoms with E-state index in [0.717, 1.165) is 5.75 Å². The van der Waals surface area contributed by atoms with E-state index in [1.165, 1.54) is 46.1 Å². The molecule has 0 aromatic heterocycles. The van der Waals surface area contributed by atoms with Gasteiger partial charge in [0.25, 0.3) is 0 Å². The van der Waals surface area contributed by atoms with E-state index in [1.807, 2.05) is 6.08 Å². The number of ether oxygens (including phenoxy) is 1. The fourth-order valence-corrected chi connectivity index (χ4v) is 12.9. The van der Waals surface area contributed by atoms with Gasteiger partial charge in [-0.05, 0) is 68.7 Å². The van der Waals surface area contributed by atoms with E-state index in [4.69, 9.17) is 4.74 Å². The first-order chi connectivity index (χ1) is 17.6. The maximum atomic E-state index is 6.48. The quantitative estimate of drug-likeness (QED) is 0.280. The number of aryl methyl sites for hydroxylation is 1. The Labute approximate surface area is 225 Å². The molecule has 2 aromatic carbocycles. The van der Waals surface area contributed by atoms with Gasteiger partial charge in [-0.15, -0.1) is 0 Å². The number of hydrogen-bond acceptors (Lipinski definition) is 1. The number of para-hydroxylation sites is 1. The SMILES string of the molecule is C=CCOc1c(C)cccc1[Si](CC)(CC)C1C2=CC(C)(C)CCC2=C2C1=c1ccccc1=CC2(C)C. The van der Waals surface area contributed by atoms with Crippen molar-refractivity contribution in [2.45, 2.75) is 78.9 Å². The van der Waals surface area contributed by atoms with E-state index in [1.54, 1.807) is 22.3 Å². The summed E-state index contributed by atoms with van der Waals surface area (Å²) in [6.07, 6.45) is 9.49. The molecule has 37 heavy (non-hydrogen) atoms. The zero-order chi connectivity index (χ0) is 26.6. The molecule has 3 aliphatic rings. The molecule has 2 aromatic rings. The van der Waals surface area contributed by atoms with Gasteiger partial charge in [0.1, 0.15) is 20.4 Å². The number of rotatable bonds is 7. The number of allylic oxidation sites excluding steroid dienone is 4. The molecular formula is C35H44OSi. The lowest BCUT2D eigenvalue weighted by atomic mass is 9.73. The van der Waals surface area contributed by atoms with Crippen molar-refractivity contribution in [1.29, 1.82) is 0 Å². The first kappa shape index (κ1) is 26.0. The summed E-state index contributed by atoms with van der Waals surface area (Å²) in [5.41, 5.74) is 8.46. The lowest BCUT2D eigenvalue weighted by molar-refractivity contribution is 0.363. The summed E-state index contributed by atoms with van der Waals surface area (Å²) in [7, 11) is -2.14. The Hall–Kier alpha value is -2.58. The third kappa shape index (κ3) is 4.03. The van der Waals surface area contributed by atoms with Gasteiger partial charge in [-0.25, -0.2) is 0 Å². The molecule has 1 atom stereocenters. The summed E-state index contributed by atoms with van der Waals surface area (Å²) >= 11 is 0. The minimum absolute atomic E-state index is 0.0186. The Morgan fingerprint density at radius 1 is 1.00 bits per heavy atom. The van der Waals surface area contributed by atoms with Crippen molar-refractivity contribution < 1.29 is 4.74 Å². The molecule has 0 bridgehead atoms. The number of hydrogen-bond donors (Lipinski definition) is 0. The molecule has 0 radical (unpaired) electrons. The normalized spacial score (nSPS) is 21.4. The van der Waals surface area contributed by atoms with Gasteiger partial charge in [0.2, 0.25) is 0 Å². The van der Waals surface area contributed by atoms with E-state index in [-0.39, 0.29) is 10.8 Å². The second kappa shape index (κ2) is 9.31. The van der Waals surface area contributed by atoms with Crippen LogP contribution < -0.4 is 20.4 Å². The van der Waals surface area contributed by atoms with Gasteiger partial charge in [-0.3, -0.25) is 0 Å². The molecule has 0 amide bonds. The van der Waals surface area contributed by atoms with Gasteiger partial charge in [-0.1, -0.05) is 121 Å².